The second-order valence-corrected chi connectivity index (χ2v) is 9.16. The van der Waals surface area contributed by atoms with Crippen molar-refractivity contribution in [2.24, 2.45) is 0 Å². The molecular weight excluding hydrogens is 436 g/mol. The number of aryl methyl sites for hydroxylation is 1. The second kappa shape index (κ2) is 7.70. The first-order valence-electron chi connectivity index (χ1n) is 10.9. The third kappa shape index (κ3) is 3.11. The number of para-hydroxylation sites is 2. The van der Waals surface area contributed by atoms with Gasteiger partial charge in [-0.05, 0) is 30.2 Å². The zero-order valence-corrected chi connectivity index (χ0v) is 18.9. The van der Waals surface area contributed by atoms with Crippen LogP contribution >= 0.6 is 11.3 Å². The molecule has 0 saturated carbocycles. The average molecular weight is 459 g/mol. The molecule has 2 aromatic heterocycles. The lowest BCUT2D eigenvalue weighted by Gasteiger charge is -2.46. The van der Waals surface area contributed by atoms with Crippen LogP contribution in [0.5, 0.6) is 0 Å². The van der Waals surface area contributed by atoms with Gasteiger partial charge in [-0.3, -0.25) is 9.59 Å². The Hall–Kier alpha value is -3.72. The second-order valence-electron chi connectivity index (χ2n) is 8.32. The summed E-state index contributed by atoms with van der Waals surface area (Å²) in [6, 6.07) is 16.1. The fraction of sp³-hybridized carbons (Fsp3) is 0.250. The van der Waals surface area contributed by atoms with Gasteiger partial charge in [0.1, 0.15) is 11.7 Å². The highest BCUT2D eigenvalue weighted by atomic mass is 32.1. The van der Waals surface area contributed by atoms with E-state index in [-0.39, 0.29) is 18.0 Å². The zero-order valence-electron chi connectivity index (χ0n) is 18.1. The van der Waals surface area contributed by atoms with Gasteiger partial charge in [0.25, 0.3) is 5.91 Å². The molecule has 0 spiro atoms. The summed E-state index contributed by atoms with van der Waals surface area (Å²) in [5, 5.41) is 12.2. The zero-order chi connectivity index (χ0) is 22.5. The van der Waals surface area contributed by atoms with Crippen LogP contribution in [0, 0.1) is 0 Å². The number of nitrogens with zero attached hydrogens (tertiary/aromatic N) is 5. The maximum Gasteiger partial charge on any atom is 0.257 e. The first-order chi connectivity index (χ1) is 16.1. The Bertz CT molecular complexity index is 1380. The molecule has 0 saturated heterocycles. The molecule has 2 aliphatic rings. The minimum atomic E-state index is -0.213. The highest BCUT2D eigenvalue weighted by molar-refractivity contribution is 7.13. The van der Waals surface area contributed by atoms with Crippen molar-refractivity contribution in [3.63, 3.8) is 0 Å². The topological polar surface area (TPSA) is 83.4 Å². The Balaban J connectivity index is 1.42. The van der Waals surface area contributed by atoms with Crippen LogP contribution < -0.4 is 10.2 Å². The molecule has 0 aliphatic carbocycles. The third-order valence-corrected chi connectivity index (χ3v) is 7.18. The van der Waals surface area contributed by atoms with Crippen molar-refractivity contribution in [1.82, 2.24) is 19.7 Å². The van der Waals surface area contributed by atoms with E-state index in [0.29, 0.717) is 24.6 Å². The first kappa shape index (κ1) is 19.9. The summed E-state index contributed by atoms with van der Waals surface area (Å²) in [5.74, 6) is -0.0467. The van der Waals surface area contributed by atoms with E-state index in [2.05, 4.69) is 37.1 Å². The average Bonchev–Trinajstić information content (AvgIpc) is 3.46. The summed E-state index contributed by atoms with van der Waals surface area (Å²) in [4.78, 5) is 30.1. The lowest BCUT2D eigenvalue weighted by molar-refractivity contribution is -0.116. The Morgan fingerprint density at radius 3 is 2.85 bits per heavy atom. The van der Waals surface area contributed by atoms with E-state index in [4.69, 9.17) is 0 Å². The number of amides is 2. The number of carbonyl (C=O) groups is 2. The SMILES string of the molecule is CN1c2ccccc2C(=O)N2CCc3c(n(CCC(=O)Nc4nncs4)c4ccccc34)[C@@H]21. The smallest absolute Gasteiger partial charge is 0.257 e. The summed E-state index contributed by atoms with van der Waals surface area (Å²) in [5.41, 5.74) is 6.70. The maximum absolute atomic E-state index is 13.4. The minimum absolute atomic E-state index is 0.0603. The number of hydrogen-bond donors (Lipinski definition) is 1. The molecule has 0 unspecified atom stereocenters. The Morgan fingerprint density at radius 2 is 2.00 bits per heavy atom. The summed E-state index contributed by atoms with van der Waals surface area (Å²) in [6.07, 6.45) is 0.874. The molecule has 9 heteroatoms. The maximum atomic E-state index is 13.4. The molecule has 2 aliphatic heterocycles. The fourth-order valence-corrected chi connectivity index (χ4v) is 5.63. The molecule has 1 atom stereocenters. The highest BCUT2D eigenvalue weighted by Gasteiger charge is 2.42. The van der Waals surface area contributed by atoms with Gasteiger partial charge in [0.05, 0.1) is 16.9 Å². The molecule has 0 bridgehead atoms. The summed E-state index contributed by atoms with van der Waals surface area (Å²) in [6.45, 7) is 1.18. The lowest BCUT2D eigenvalue weighted by Crippen LogP contribution is -2.51. The van der Waals surface area contributed by atoms with Crippen LogP contribution in [0.1, 0.15) is 34.2 Å². The minimum Gasteiger partial charge on any atom is -0.349 e. The normalized spacial score (nSPS) is 17.0. The van der Waals surface area contributed by atoms with Crippen molar-refractivity contribution < 1.29 is 9.59 Å². The molecular formula is C24H22N6O2S. The third-order valence-electron chi connectivity index (χ3n) is 6.57. The predicted molar refractivity (Wildman–Crippen MR) is 127 cm³/mol. The van der Waals surface area contributed by atoms with Crippen molar-refractivity contribution >= 4 is 44.9 Å². The van der Waals surface area contributed by atoms with E-state index >= 15 is 0 Å². The van der Waals surface area contributed by atoms with E-state index in [1.54, 1.807) is 5.51 Å². The van der Waals surface area contributed by atoms with Gasteiger partial charge in [0.2, 0.25) is 11.0 Å². The van der Waals surface area contributed by atoms with Crippen LogP contribution in [-0.2, 0) is 17.8 Å². The molecule has 2 amide bonds. The quantitative estimate of drug-likeness (QED) is 0.505. The largest absolute Gasteiger partial charge is 0.349 e. The van der Waals surface area contributed by atoms with E-state index in [9.17, 15) is 9.59 Å². The van der Waals surface area contributed by atoms with E-state index in [1.165, 1.54) is 22.3 Å². The van der Waals surface area contributed by atoms with Crippen molar-refractivity contribution in [2.45, 2.75) is 25.6 Å². The van der Waals surface area contributed by atoms with Crippen LogP contribution in [-0.4, -0.2) is 45.1 Å². The standard InChI is InChI=1S/C24H22N6O2S/c1-28-18-8-4-3-7-17(18)23(32)30-12-10-16-15-6-2-5-9-19(15)29(21(16)22(28)30)13-11-20(31)26-24-27-25-14-33-24/h2-9,14,22H,10-13H2,1H3,(H,26,27,31)/t22-/m1/s1. The fourth-order valence-electron chi connectivity index (χ4n) is 5.17. The Morgan fingerprint density at radius 1 is 1.18 bits per heavy atom. The summed E-state index contributed by atoms with van der Waals surface area (Å²) >= 11 is 1.30. The van der Waals surface area contributed by atoms with Crippen LogP contribution in [0.25, 0.3) is 10.9 Å². The Kier molecular flexibility index (Phi) is 4.65. The number of carbonyl (C=O) groups excluding carboxylic acids is 2. The molecule has 6 rings (SSSR count). The predicted octanol–water partition coefficient (Wildman–Crippen LogP) is 3.67. The molecule has 1 N–H and O–H groups in total. The van der Waals surface area contributed by atoms with Crippen LogP contribution in [0.2, 0.25) is 0 Å². The van der Waals surface area contributed by atoms with Gasteiger partial charge < -0.3 is 19.7 Å². The molecule has 33 heavy (non-hydrogen) atoms. The van der Waals surface area contributed by atoms with Crippen molar-refractivity contribution in [3.05, 3.63) is 70.9 Å². The van der Waals surface area contributed by atoms with E-state index in [1.807, 2.05) is 48.3 Å². The molecule has 166 valence electrons. The monoisotopic (exact) mass is 458 g/mol. The number of hydrogen-bond acceptors (Lipinski definition) is 6. The van der Waals surface area contributed by atoms with Crippen molar-refractivity contribution in [3.8, 4) is 0 Å². The number of fused-ring (bicyclic) bond motifs is 6. The molecule has 2 aromatic carbocycles. The van der Waals surface area contributed by atoms with Crippen LogP contribution in [0.3, 0.4) is 0 Å². The van der Waals surface area contributed by atoms with Gasteiger partial charge in [0, 0.05) is 37.5 Å². The van der Waals surface area contributed by atoms with Crippen molar-refractivity contribution in [1.29, 1.82) is 0 Å². The lowest BCUT2D eigenvalue weighted by atomic mass is 9.96. The Labute approximate surface area is 194 Å². The van der Waals surface area contributed by atoms with Gasteiger partial charge in [-0.25, -0.2) is 0 Å². The van der Waals surface area contributed by atoms with Gasteiger partial charge >= 0.3 is 0 Å². The van der Waals surface area contributed by atoms with E-state index in [0.717, 1.165) is 28.9 Å². The molecule has 4 heterocycles. The van der Waals surface area contributed by atoms with Crippen LogP contribution in [0.4, 0.5) is 10.8 Å². The van der Waals surface area contributed by atoms with E-state index < -0.39 is 0 Å². The van der Waals surface area contributed by atoms with Gasteiger partial charge in [-0.1, -0.05) is 41.7 Å². The summed E-state index contributed by atoms with van der Waals surface area (Å²) < 4.78 is 2.22. The van der Waals surface area contributed by atoms with Gasteiger partial charge in [-0.15, -0.1) is 10.2 Å². The molecule has 0 fully saturated rings. The number of anilines is 2. The summed E-state index contributed by atoms with van der Waals surface area (Å²) in [7, 11) is 2.04. The molecule has 0 radical (unpaired) electrons. The number of benzene rings is 2. The highest BCUT2D eigenvalue weighted by Crippen LogP contribution is 2.44. The van der Waals surface area contributed by atoms with Crippen molar-refractivity contribution in [2.75, 3.05) is 23.8 Å². The first-order valence-corrected chi connectivity index (χ1v) is 11.8. The molecule has 4 aromatic rings. The molecule has 8 nitrogen and oxygen atoms in total. The van der Waals surface area contributed by atoms with Gasteiger partial charge in [-0.2, -0.15) is 0 Å². The number of rotatable bonds is 4. The van der Waals surface area contributed by atoms with Gasteiger partial charge in [0.15, 0.2) is 0 Å². The number of aromatic nitrogens is 3. The number of nitrogens with one attached hydrogen (secondary N) is 1. The van der Waals surface area contributed by atoms with Crippen LogP contribution in [0.15, 0.2) is 54.0 Å².